The third-order valence-electron chi connectivity index (χ3n) is 3.00. The third kappa shape index (κ3) is 3.86. The van der Waals surface area contributed by atoms with E-state index in [0.717, 1.165) is 25.2 Å². The number of hydrogen-bond donors (Lipinski definition) is 2. The van der Waals surface area contributed by atoms with E-state index in [4.69, 9.17) is 10.2 Å². The minimum Gasteiger partial charge on any atom is -0.396 e. The van der Waals surface area contributed by atoms with Crippen molar-refractivity contribution in [2.24, 2.45) is 0 Å². The van der Waals surface area contributed by atoms with Crippen molar-refractivity contribution in [3.8, 4) is 0 Å². The van der Waals surface area contributed by atoms with Crippen LogP contribution in [0.3, 0.4) is 0 Å². The van der Waals surface area contributed by atoms with E-state index in [1.165, 1.54) is 5.30 Å². The molecule has 2 nitrogen and oxygen atoms in total. The van der Waals surface area contributed by atoms with Crippen molar-refractivity contribution >= 4 is 12.6 Å². The predicted molar refractivity (Wildman–Crippen MR) is 72.1 cm³/mol. The van der Waals surface area contributed by atoms with Gasteiger partial charge in [-0.3, -0.25) is 0 Å². The van der Waals surface area contributed by atoms with Gasteiger partial charge in [-0.15, -0.1) is 0 Å². The Balaban J connectivity index is 2.77. The average Bonchev–Trinajstić information content (AvgIpc) is 2.35. The van der Waals surface area contributed by atoms with Gasteiger partial charge in [0.25, 0.3) is 0 Å². The number of hydrogen-bond acceptors (Lipinski definition) is 2. The fraction of sp³-hybridized carbons (Fsp3) is 0.538. The molecule has 0 aromatic heterocycles. The summed E-state index contributed by atoms with van der Waals surface area (Å²) in [6.45, 7) is 2.86. The van der Waals surface area contributed by atoms with Crippen LogP contribution in [0.25, 0.3) is 0 Å². The van der Waals surface area contributed by atoms with Gasteiger partial charge in [0, 0.05) is 33.3 Å². The molecule has 1 aromatic carbocycles. The quantitative estimate of drug-likeness (QED) is 0.714. The second-order valence-corrected chi connectivity index (χ2v) is 8.54. The smallest absolute Gasteiger partial charge is 0.0936 e. The molecule has 0 saturated carbocycles. The lowest BCUT2D eigenvalue weighted by atomic mass is 10.4. The fourth-order valence-electron chi connectivity index (χ4n) is 2.00. The second-order valence-electron chi connectivity index (χ2n) is 4.33. The summed E-state index contributed by atoms with van der Waals surface area (Å²) in [5.41, 5.74) is 0. The molecular formula is C13H22O2P+. The van der Waals surface area contributed by atoms with Gasteiger partial charge in [-0.2, -0.15) is 0 Å². The normalized spacial score (nSPS) is 11.7. The van der Waals surface area contributed by atoms with E-state index in [-0.39, 0.29) is 13.2 Å². The third-order valence-corrected chi connectivity index (χ3v) is 7.15. The number of aliphatic hydroxyl groups excluding tert-OH is 2. The van der Waals surface area contributed by atoms with Crippen LogP contribution in [-0.2, 0) is 0 Å². The van der Waals surface area contributed by atoms with E-state index < -0.39 is 7.26 Å². The second kappa shape index (κ2) is 7.01. The maximum absolute atomic E-state index is 8.97. The Kier molecular flexibility index (Phi) is 5.97. The first-order valence-electron chi connectivity index (χ1n) is 5.85. The summed E-state index contributed by atoms with van der Waals surface area (Å²) >= 11 is 0. The lowest BCUT2D eigenvalue weighted by Crippen LogP contribution is -2.17. The van der Waals surface area contributed by atoms with Crippen LogP contribution in [0.15, 0.2) is 30.3 Å². The lowest BCUT2D eigenvalue weighted by Gasteiger charge is -2.22. The molecule has 0 aliphatic carbocycles. The molecule has 0 radical (unpaired) electrons. The summed E-state index contributed by atoms with van der Waals surface area (Å²) in [5.74, 6) is 0. The zero-order chi connectivity index (χ0) is 11.9. The first-order chi connectivity index (χ1) is 7.73. The largest absolute Gasteiger partial charge is 0.396 e. The Morgan fingerprint density at radius 2 is 1.44 bits per heavy atom. The summed E-state index contributed by atoms with van der Waals surface area (Å²) in [4.78, 5) is 0. The topological polar surface area (TPSA) is 40.5 Å². The van der Waals surface area contributed by atoms with Gasteiger partial charge in [-0.25, -0.2) is 0 Å². The highest BCUT2D eigenvalue weighted by molar-refractivity contribution is 7.82. The van der Waals surface area contributed by atoms with Gasteiger partial charge < -0.3 is 10.2 Å². The standard InChI is InChI=1S/C13H22O2P/c1-16(11-5-9-14,12-6-10-15)13-7-3-2-4-8-13/h2-4,7-8,14-15H,5-6,9-12H2,1H3/q+1. The Bertz CT molecular complexity index is 279. The summed E-state index contributed by atoms with van der Waals surface area (Å²) in [5, 5.41) is 19.4. The van der Waals surface area contributed by atoms with Crippen LogP contribution in [0.5, 0.6) is 0 Å². The van der Waals surface area contributed by atoms with Gasteiger partial charge >= 0.3 is 0 Å². The summed E-state index contributed by atoms with van der Waals surface area (Å²) in [6, 6.07) is 10.5. The SMILES string of the molecule is C[P+](CCCO)(CCCO)c1ccccc1. The maximum Gasteiger partial charge on any atom is 0.0936 e. The summed E-state index contributed by atoms with van der Waals surface area (Å²) in [7, 11) is -1.17. The molecule has 0 fully saturated rings. The molecule has 0 amide bonds. The van der Waals surface area contributed by atoms with E-state index in [1.807, 2.05) is 6.07 Å². The van der Waals surface area contributed by atoms with Gasteiger partial charge in [0.15, 0.2) is 0 Å². The minimum atomic E-state index is -1.17. The summed E-state index contributed by atoms with van der Waals surface area (Å²) in [6.07, 6.45) is 3.89. The van der Waals surface area contributed by atoms with Crippen molar-refractivity contribution in [2.45, 2.75) is 12.8 Å². The molecule has 90 valence electrons. The van der Waals surface area contributed by atoms with Gasteiger partial charge in [0.2, 0.25) is 0 Å². The van der Waals surface area contributed by atoms with Crippen molar-refractivity contribution in [1.82, 2.24) is 0 Å². The molecular weight excluding hydrogens is 219 g/mol. The Labute approximate surface area is 98.7 Å². The molecule has 0 saturated heterocycles. The van der Waals surface area contributed by atoms with Crippen molar-refractivity contribution in [3.05, 3.63) is 30.3 Å². The van der Waals surface area contributed by atoms with Crippen molar-refractivity contribution in [2.75, 3.05) is 32.2 Å². The monoisotopic (exact) mass is 241 g/mol. The first-order valence-corrected chi connectivity index (χ1v) is 8.45. The van der Waals surface area contributed by atoms with Crippen LogP contribution in [0.4, 0.5) is 0 Å². The molecule has 0 heterocycles. The summed E-state index contributed by atoms with van der Waals surface area (Å²) < 4.78 is 0. The van der Waals surface area contributed by atoms with Crippen LogP contribution >= 0.6 is 7.26 Å². The Morgan fingerprint density at radius 1 is 0.938 bits per heavy atom. The van der Waals surface area contributed by atoms with Crippen LogP contribution < -0.4 is 5.30 Å². The highest BCUT2D eigenvalue weighted by Crippen LogP contribution is 2.54. The van der Waals surface area contributed by atoms with Crippen LogP contribution in [0.1, 0.15) is 12.8 Å². The Morgan fingerprint density at radius 3 is 1.88 bits per heavy atom. The number of rotatable bonds is 7. The highest BCUT2D eigenvalue weighted by Gasteiger charge is 2.32. The van der Waals surface area contributed by atoms with Crippen LogP contribution in [0, 0.1) is 0 Å². The Hall–Kier alpha value is -0.430. The predicted octanol–water partition coefficient (Wildman–Crippen LogP) is 1.72. The average molecular weight is 241 g/mol. The molecule has 16 heavy (non-hydrogen) atoms. The molecule has 0 bridgehead atoms. The number of benzene rings is 1. The van der Waals surface area contributed by atoms with E-state index in [1.54, 1.807) is 0 Å². The van der Waals surface area contributed by atoms with Crippen LogP contribution in [-0.4, -0.2) is 42.4 Å². The molecule has 1 aromatic rings. The van der Waals surface area contributed by atoms with E-state index in [0.29, 0.717) is 0 Å². The molecule has 1 rings (SSSR count). The van der Waals surface area contributed by atoms with Crippen molar-refractivity contribution < 1.29 is 10.2 Å². The minimum absolute atomic E-state index is 0.265. The van der Waals surface area contributed by atoms with E-state index in [9.17, 15) is 0 Å². The molecule has 2 N–H and O–H groups in total. The maximum atomic E-state index is 8.97. The molecule has 0 unspecified atom stereocenters. The first kappa shape index (κ1) is 13.6. The highest BCUT2D eigenvalue weighted by atomic mass is 31.2. The van der Waals surface area contributed by atoms with Gasteiger partial charge in [0.05, 0.1) is 24.3 Å². The zero-order valence-corrected chi connectivity index (χ0v) is 10.9. The molecule has 0 aliphatic heterocycles. The fourth-order valence-corrected chi connectivity index (χ4v) is 5.31. The molecule has 0 spiro atoms. The lowest BCUT2D eigenvalue weighted by molar-refractivity contribution is 0.294. The van der Waals surface area contributed by atoms with Gasteiger partial charge in [0.1, 0.15) is 0 Å². The molecule has 0 aliphatic rings. The zero-order valence-electron chi connectivity index (χ0n) is 9.97. The molecule has 3 heteroatoms. The van der Waals surface area contributed by atoms with Crippen molar-refractivity contribution in [1.29, 1.82) is 0 Å². The van der Waals surface area contributed by atoms with E-state index in [2.05, 4.69) is 30.9 Å². The molecule has 0 atom stereocenters. The number of aliphatic hydroxyl groups is 2. The van der Waals surface area contributed by atoms with Crippen LogP contribution in [0.2, 0.25) is 0 Å². The van der Waals surface area contributed by atoms with Gasteiger partial charge in [-0.1, -0.05) is 18.2 Å². The van der Waals surface area contributed by atoms with Crippen molar-refractivity contribution in [3.63, 3.8) is 0 Å². The van der Waals surface area contributed by atoms with Gasteiger partial charge in [-0.05, 0) is 12.1 Å². The van der Waals surface area contributed by atoms with E-state index >= 15 is 0 Å².